The molecular formula is C25H28F3N2OS. The Morgan fingerprint density at radius 2 is 1.69 bits per heavy atom. The lowest BCUT2D eigenvalue weighted by molar-refractivity contribution is -0.137. The van der Waals surface area contributed by atoms with Crippen LogP contribution in [0.3, 0.4) is 0 Å². The summed E-state index contributed by atoms with van der Waals surface area (Å²) in [6, 6.07) is 11.7. The summed E-state index contributed by atoms with van der Waals surface area (Å²) in [4.78, 5) is 6.47. The first-order valence-electron chi connectivity index (χ1n) is 11.4. The number of aryl methyl sites for hydroxylation is 1. The minimum atomic E-state index is -4.26. The van der Waals surface area contributed by atoms with Gasteiger partial charge < -0.3 is 4.90 Å². The monoisotopic (exact) mass is 461 g/mol. The van der Waals surface area contributed by atoms with Crippen LogP contribution in [0.4, 0.5) is 18.9 Å². The van der Waals surface area contributed by atoms with Crippen LogP contribution in [0, 0.1) is 5.92 Å². The van der Waals surface area contributed by atoms with Crippen molar-refractivity contribution >= 4 is 27.2 Å². The fraction of sp³-hybridized carbons (Fsp3) is 0.480. The quantitative estimate of drug-likeness (QED) is 0.320. The van der Waals surface area contributed by atoms with E-state index < -0.39 is 11.7 Å². The number of alkyl halides is 3. The minimum Gasteiger partial charge on any atom is -0.371 e. The molecule has 1 radical (unpaired) electrons. The molecule has 0 N–H and O–H groups in total. The standard InChI is InChI=1S/C25H28F3N2OS/c26-25(27,28)20-9-7-18(8-10-20)5-3-1-2-4-6-19-13-15-30(16-14-19)21-11-12-23-22(17-21)29-24(31)32-23/h7-12,17,19H,1-6,13-16H2. The highest BCUT2D eigenvalue weighted by Crippen LogP contribution is 2.33. The number of piperidine rings is 1. The van der Waals surface area contributed by atoms with Crippen LogP contribution in [0.25, 0.3) is 10.2 Å². The van der Waals surface area contributed by atoms with E-state index in [1.165, 1.54) is 55.6 Å². The zero-order valence-electron chi connectivity index (χ0n) is 18.0. The molecule has 1 saturated heterocycles. The lowest BCUT2D eigenvalue weighted by Gasteiger charge is -2.33. The summed E-state index contributed by atoms with van der Waals surface area (Å²) in [5.41, 5.74) is 2.36. The predicted molar refractivity (Wildman–Crippen MR) is 123 cm³/mol. The van der Waals surface area contributed by atoms with Gasteiger partial charge in [0, 0.05) is 18.8 Å². The van der Waals surface area contributed by atoms with E-state index >= 15 is 0 Å². The van der Waals surface area contributed by atoms with Crippen molar-refractivity contribution in [2.45, 2.75) is 57.5 Å². The van der Waals surface area contributed by atoms with Crippen molar-refractivity contribution in [2.75, 3.05) is 18.0 Å². The number of rotatable bonds is 8. The Balaban J connectivity index is 1.11. The molecule has 2 aromatic carbocycles. The molecule has 0 atom stereocenters. The predicted octanol–water partition coefficient (Wildman–Crippen LogP) is 7.87. The second-order valence-corrected chi connectivity index (χ2v) is 9.70. The van der Waals surface area contributed by atoms with E-state index in [9.17, 15) is 18.3 Å². The van der Waals surface area contributed by atoms with Crippen LogP contribution >= 0.6 is 11.3 Å². The van der Waals surface area contributed by atoms with Gasteiger partial charge in [0.1, 0.15) is 0 Å². The van der Waals surface area contributed by atoms with Gasteiger partial charge in [0.2, 0.25) is 0 Å². The summed E-state index contributed by atoms with van der Waals surface area (Å²) < 4.78 is 38.8. The summed E-state index contributed by atoms with van der Waals surface area (Å²) >= 11 is 1.20. The lowest BCUT2D eigenvalue weighted by Crippen LogP contribution is -2.33. The van der Waals surface area contributed by atoms with Gasteiger partial charge in [0.25, 0.3) is 0 Å². The summed E-state index contributed by atoms with van der Waals surface area (Å²) in [6.45, 7) is 2.08. The highest BCUT2D eigenvalue weighted by Gasteiger charge is 2.29. The molecule has 0 unspecified atom stereocenters. The number of benzene rings is 2. The molecule has 1 aromatic heterocycles. The van der Waals surface area contributed by atoms with Gasteiger partial charge in [0.15, 0.2) is 0 Å². The number of nitrogens with zero attached hydrogens (tertiary/aromatic N) is 2. The Hall–Kier alpha value is -2.28. The van der Waals surface area contributed by atoms with Gasteiger partial charge in [-0.2, -0.15) is 18.2 Å². The van der Waals surface area contributed by atoms with E-state index in [1.54, 1.807) is 12.1 Å². The second-order valence-electron chi connectivity index (χ2n) is 8.71. The van der Waals surface area contributed by atoms with Crippen molar-refractivity contribution in [1.82, 2.24) is 4.98 Å². The molecule has 0 amide bonds. The van der Waals surface area contributed by atoms with Crippen LogP contribution in [-0.4, -0.2) is 18.1 Å². The first-order chi connectivity index (χ1) is 15.4. The van der Waals surface area contributed by atoms with Crippen LogP contribution in [0.1, 0.15) is 56.1 Å². The number of unbranched alkanes of at least 4 members (excludes halogenated alkanes) is 3. The fourth-order valence-corrected chi connectivity index (χ4v) is 5.22. The SMILES string of the molecule is [O]c1nc2cc(N3CCC(CCCCCCc4ccc(C(F)(F)F)cc4)CC3)ccc2s1. The van der Waals surface area contributed by atoms with E-state index in [0.717, 1.165) is 59.7 Å². The van der Waals surface area contributed by atoms with Gasteiger partial charge in [-0.1, -0.05) is 49.2 Å². The van der Waals surface area contributed by atoms with Gasteiger partial charge in [-0.3, -0.25) is 5.11 Å². The summed E-state index contributed by atoms with van der Waals surface area (Å²) in [7, 11) is 0. The molecule has 171 valence electrons. The molecule has 0 saturated carbocycles. The lowest BCUT2D eigenvalue weighted by atomic mass is 9.90. The Labute approximate surface area is 190 Å². The average molecular weight is 462 g/mol. The van der Waals surface area contributed by atoms with Crippen molar-refractivity contribution < 1.29 is 18.3 Å². The highest BCUT2D eigenvalue weighted by atomic mass is 32.1. The number of hydrogen-bond donors (Lipinski definition) is 0. The Bertz CT molecular complexity index is 1010. The molecule has 1 aliphatic heterocycles. The van der Waals surface area contributed by atoms with E-state index in [2.05, 4.69) is 16.0 Å². The van der Waals surface area contributed by atoms with Crippen LogP contribution in [0.15, 0.2) is 42.5 Å². The molecule has 1 fully saturated rings. The number of hydrogen-bond acceptors (Lipinski definition) is 3. The third kappa shape index (κ3) is 5.94. The molecule has 0 aliphatic carbocycles. The van der Waals surface area contributed by atoms with Crippen molar-refractivity contribution in [3.8, 4) is 5.19 Å². The van der Waals surface area contributed by atoms with Gasteiger partial charge in [-0.05, 0) is 67.5 Å². The van der Waals surface area contributed by atoms with E-state index in [-0.39, 0.29) is 5.19 Å². The highest BCUT2D eigenvalue weighted by molar-refractivity contribution is 7.20. The van der Waals surface area contributed by atoms with Gasteiger partial charge in [-0.25, -0.2) is 0 Å². The van der Waals surface area contributed by atoms with E-state index in [1.807, 2.05) is 12.1 Å². The summed E-state index contributed by atoms with van der Waals surface area (Å²) in [5, 5.41) is 11.3. The maximum atomic E-state index is 12.6. The van der Waals surface area contributed by atoms with Crippen LogP contribution < -0.4 is 4.90 Å². The first kappa shape index (κ1) is 22.9. The maximum absolute atomic E-state index is 12.6. The molecule has 2 heterocycles. The van der Waals surface area contributed by atoms with Crippen molar-refractivity contribution in [3.05, 3.63) is 53.6 Å². The van der Waals surface area contributed by atoms with Crippen LogP contribution in [0.2, 0.25) is 0 Å². The third-order valence-corrected chi connectivity index (χ3v) is 7.27. The molecular weight excluding hydrogens is 433 g/mol. The van der Waals surface area contributed by atoms with E-state index in [4.69, 9.17) is 0 Å². The molecule has 0 spiro atoms. The number of anilines is 1. The molecule has 4 rings (SSSR count). The maximum Gasteiger partial charge on any atom is 0.416 e. The smallest absolute Gasteiger partial charge is 0.371 e. The van der Waals surface area contributed by atoms with Crippen LogP contribution in [-0.2, 0) is 17.7 Å². The minimum absolute atomic E-state index is 0.129. The Kier molecular flexibility index (Phi) is 7.23. The molecule has 0 bridgehead atoms. The van der Waals surface area contributed by atoms with Gasteiger partial charge >= 0.3 is 11.4 Å². The molecule has 7 heteroatoms. The summed E-state index contributed by atoms with van der Waals surface area (Å²) in [6.07, 6.45) is 4.75. The fourth-order valence-electron chi connectivity index (χ4n) is 4.55. The summed E-state index contributed by atoms with van der Waals surface area (Å²) in [5.74, 6) is 0.761. The number of aromatic nitrogens is 1. The normalized spacial score (nSPS) is 15.5. The molecule has 3 nitrogen and oxygen atoms in total. The first-order valence-corrected chi connectivity index (χ1v) is 12.2. The van der Waals surface area contributed by atoms with Crippen molar-refractivity contribution in [1.29, 1.82) is 0 Å². The number of thiazole rings is 1. The van der Waals surface area contributed by atoms with Crippen LogP contribution in [0.5, 0.6) is 5.19 Å². The topological polar surface area (TPSA) is 36.0 Å². The second kappa shape index (κ2) is 10.1. The van der Waals surface area contributed by atoms with Crippen molar-refractivity contribution in [2.24, 2.45) is 5.92 Å². The average Bonchev–Trinajstić information content (AvgIpc) is 3.15. The Morgan fingerprint density at radius 1 is 0.969 bits per heavy atom. The Morgan fingerprint density at radius 3 is 2.41 bits per heavy atom. The largest absolute Gasteiger partial charge is 0.416 e. The van der Waals surface area contributed by atoms with Gasteiger partial charge in [0.05, 0.1) is 15.8 Å². The molecule has 3 aromatic rings. The number of halogens is 3. The molecule has 32 heavy (non-hydrogen) atoms. The number of fused-ring (bicyclic) bond motifs is 1. The van der Waals surface area contributed by atoms with E-state index in [0.29, 0.717) is 0 Å². The van der Waals surface area contributed by atoms with Gasteiger partial charge in [-0.15, -0.1) is 0 Å². The zero-order chi connectivity index (χ0) is 22.6. The molecule has 1 aliphatic rings. The third-order valence-electron chi connectivity index (χ3n) is 6.44. The van der Waals surface area contributed by atoms with Crippen molar-refractivity contribution in [3.63, 3.8) is 0 Å². The zero-order valence-corrected chi connectivity index (χ0v) is 18.9.